The van der Waals surface area contributed by atoms with Gasteiger partial charge in [0.05, 0.1) is 0 Å². The van der Waals surface area contributed by atoms with Gasteiger partial charge in [0, 0.05) is 12.1 Å². The molecular weight excluding hydrogens is 310 g/mol. The Balaban J connectivity index is 0.00000144. The third-order valence-electron chi connectivity index (χ3n) is 5.07. The van der Waals surface area contributed by atoms with Crippen molar-refractivity contribution in [1.29, 1.82) is 0 Å². The fourth-order valence-electron chi connectivity index (χ4n) is 3.98. The highest BCUT2D eigenvalue weighted by molar-refractivity contribution is 7.99. The number of fused-ring (bicyclic) bond motifs is 3. The van der Waals surface area contributed by atoms with E-state index < -0.39 is 0 Å². The molecule has 1 nitrogen and oxygen atoms in total. The Morgan fingerprint density at radius 2 is 1.82 bits per heavy atom. The summed E-state index contributed by atoms with van der Waals surface area (Å²) in [5, 5.41) is 3.96. The van der Waals surface area contributed by atoms with Gasteiger partial charge in [-0.3, -0.25) is 0 Å². The van der Waals surface area contributed by atoms with Crippen LogP contribution in [-0.2, 0) is 18.5 Å². The summed E-state index contributed by atoms with van der Waals surface area (Å²) in [6.45, 7) is 0.969. The van der Waals surface area contributed by atoms with Gasteiger partial charge in [0.15, 0.2) is 0 Å². The molecule has 0 amide bonds. The summed E-state index contributed by atoms with van der Waals surface area (Å²) in [5.74, 6) is 3.31. The molecule has 1 aliphatic carbocycles. The molecule has 0 unspecified atom stereocenters. The number of halogens is 1. The van der Waals surface area contributed by atoms with Crippen LogP contribution < -0.4 is 5.32 Å². The number of hydrogen-bond donors (Lipinski definition) is 1. The number of nitrogens with one attached hydrogen (secondary N) is 1. The molecule has 0 saturated carbocycles. The third kappa shape index (κ3) is 2.68. The van der Waals surface area contributed by atoms with Crippen molar-refractivity contribution in [3.63, 3.8) is 0 Å². The van der Waals surface area contributed by atoms with Crippen LogP contribution in [0.4, 0.5) is 0 Å². The number of benzene rings is 2. The topological polar surface area (TPSA) is 12.0 Å². The van der Waals surface area contributed by atoms with Crippen molar-refractivity contribution in [2.75, 3.05) is 11.5 Å². The van der Waals surface area contributed by atoms with Crippen molar-refractivity contribution in [3.05, 3.63) is 71.3 Å². The van der Waals surface area contributed by atoms with E-state index >= 15 is 0 Å². The minimum Gasteiger partial charge on any atom is -0.303 e. The second-order valence-corrected chi connectivity index (χ2v) is 7.34. The molecule has 2 atom stereocenters. The zero-order valence-corrected chi connectivity index (χ0v) is 14.3. The van der Waals surface area contributed by atoms with E-state index in [9.17, 15) is 0 Å². The largest absolute Gasteiger partial charge is 0.303 e. The fourth-order valence-corrected chi connectivity index (χ4v) is 5.30. The van der Waals surface area contributed by atoms with E-state index in [1.165, 1.54) is 29.9 Å². The third-order valence-corrected chi connectivity index (χ3v) is 6.20. The number of thioether (sulfide) groups is 1. The highest BCUT2D eigenvalue weighted by Crippen LogP contribution is 2.48. The van der Waals surface area contributed by atoms with Gasteiger partial charge in [0.25, 0.3) is 0 Å². The molecule has 0 spiro atoms. The quantitative estimate of drug-likeness (QED) is 0.894. The van der Waals surface area contributed by atoms with E-state index in [2.05, 4.69) is 71.7 Å². The second kappa shape index (κ2) is 6.66. The average molecular weight is 332 g/mol. The predicted octanol–water partition coefficient (Wildman–Crippen LogP) is 4.40. The molecule has 2 aromatic carbocycles. The van der Waals surface area contributed by atoms with E-state index in [1.54, 1.807) is 11.1 Å². The van der Waals surface area contributed by atoms with Gasteiger partial charge in [-0.1, -0.05) is 54.6 Å². The van der Waals surface area contributed by atoms with Crippen molar-refractivity contribution >= 4 is 24.2 Å². The van der Waals surface area contributed by atoms with Crippen molar-refractivity contribution in [1.82, 2.24) is 5.32 Å². The molecule has 1 saturated heterocycles. The zero-order valence-electron chi connectivity index (χ0n) is 12.6. The minimum atomic E-state index is 0. The molecule has 3 heteroatoms. The van der Waals surface area contributed by atoms with Crippen molar-refractivity contribution in [2.24, 2.45) is 5.92 Å². The summed E-state index contributed by atoms with van der Waals surface area (Å²) in [4.78, 5) is 0. The lowest BCUT2D eigenvalue weighted by atomic mass is 9.81. The first-order valence-electron chi connectivity index (χ1n) is 7.83. The molecule has 1 N–H and O–H groups in total. The van der Waals surface area contributed by atoms with Gasteiger partial charge in [-0.2, -0.15) is 11.8 Å². The van der Waals surface area contributed by atoms with Gasteiger partial charge in [-0.05, 0) is 47.0 Å². The summed E-state index contributed by atoms with van der Waals surface area (Å²) in [7, 11) is 0. The van der Waals surface area contributed by atoms with Crippen molar-refractivity contribution in [3.8, 4) is 0 Å². The first kappa shape index (κ1) is 15.9. The fraction of sp³-hybridized carbons (Fsp3) is 0.368. The Morgan fingerprint density at radius 1 is 1.05 bits per heavy atom. The summed E-state index contributed by atoms with van der Waals surface area (Å²) >= 11 is 2.12. The Bertz CT molecular complexity index is 630. The zero-order chi connectivity index (χ0) is 14.1. The van der Waals surface area contributed by atoms with Crippen LogP contribution in [0, 0.1) is 5.92 Å². The van der Waals surface area contributed by atoms with Crippen LogP contribution >= 0.6 is 24.2 Å². The summed E-state index contributed by atoms with van der Waals surface area (Å²) < 4.78 is 0. The maximum Gasteiger partial charge on any atom is 0.0487 e. The molecule has 0 aromatic heterocycles. The number of rotatable bonds is 3. The summed E-state index contributed by atoms with van der Waals surface area (Å²) in [5.41, 5.74) is 4.71. The van der Waals surface area contributed by atoms with E-state index in [4.69, 9.17) is 0 Å². The lowest BCUT2D eigenvalue weighted by Gasteiger charge is -2.41. The Hall–Kier alpha value is -0.960. The monoisotopic (exact) mass is 331 g/mol. The Labute approximate surface area is 143 Å². The van der Waals surface area contributed by atoms with Gasteiger partial charge in [-0.25, -0.2) is 0 Å². The van der Waals surface area contributed by atoms with E-state index in [1.807, 2.05) is 0 Å². The second-order valence-electron chi connectivity index (χ2n) is 6.19. The van der Waals surface area contributed by atoms with Crippen LogP contribution in [0.25, 0.3) is 0 Å². The molecule has 22 heavy (non-hydrogen) atoms. The molecule has 1 heterocycles. The Morgan fingerprint density at radius 3 is 2.68 bits per heavy atom. The van der Waals surface area contributed by atoms with Crippen molar-refractivity contribution < 1.29 is 0 Å². The smallest absolute Gasteiger partial charge is 0.0487 e. The van der Waals surface area contributed by atoms with E-state index in [-0.39, 0.29) is 17.9 Å². The first-order valence-corrected chi connectivity index (χ1v) is 8.99. The average Bonchev–Trinajstić information content (AvgIpc) is 2.89. The van der Waals surface area contributed by atoms with Crippen LogP contribution in [0.3, 0.4) is 0 Å². The normalized spacial score (nSPS) is 25.9. The van der Waals surface area contributed by atoms with E-state index in [0.717, 1.165) is 12.5 Å². The number of hydrogen-bond acceptors (Lipinski definition) is 2. The molecule has 116 valence electrons. The molecule has 0 bridgehead atoms. The van der Waals surface area contributed by atoms with Crippen LogP contribution in [0.2, 0.25) is 0 Å². The molecule has 0 radical (unpaired) electrons. The highest BCUT2D eigenvalue weighted by atomic mass is 35.5. The standard InChI is InChI=1S/C19H21NS.ClH/c1-2-6-15(7-3-1)13-20-19-10-11-21-14-17(19)12-16-8-4-5-9-18(16)19;/h1-9,17,20H,10-14H2;1H/t17-,19-;/m0./s1. The molecule has 2 aromatic rings. The molecule has 1 fully saturated rings. The summed E-state index contributed by atoms with van der Waals surface area (Å²) in [6, 6.07) is 19.9. The van der Waals surface area contributed by atoms with Gasteiger partial charge in [-0.15, -0.1) is 12.4 Å². The first-order chi connectivity index (χ1) is 10.4. The lowest BCUT2D eigenvalue weighted by molar-refractivity contribution is 0.233. The molecule has 1 aliphatic heterocycles. The van der Waals surface area contributed by atoms with Gasteiger partial charge in [0.1, 0.15) is 0 Å². The lowest BCUT2D eigenvalue weighted by Crippen LogP contribution is -2.49. The molecule has 2 aliphatic rings. The van der Waals surface area contributed by atoms with Gasteiger partial charge in [0.2, 0.25) is 0 Å². The van der Waals surface area contributed by atoms with Crippen molar-refractivity contribution in [2.45, 2.75) is 24.9 Å². The minimum absolute atomic E-state index is 0. The van der Waals surface area contributed by atoms with Crippen LogP contribution in [-0.4, -0.2) is 11.5 Å². The predicted molar refractivity (Wildman–Crippen MR) is 97.8 cm³/mol. The van der Waals surface area contributed by atoms with Gasteiger partial charge < -0.3 is 5.32 Å². The highest BCUT2D eigenvalue weighted by Gasteiger charge is 2.47. The SMILES string of the molecule is Cl.c1ccc(CN[C@@]23CCSC[C@@H]2Cc2ccccc23)cc1. The van der Waals surface area contributed by atoms with Crippen LogP contribution in [0.5, 0.6) is 0 Å². The van der Waals surface area contributed by atoms with Crippen LogP contribution in [0.15, 0.2) is 54.6 Å². The van der Waals surface area contributed by atoms with Crippen LogP contribution in [0.1, 0.15) is 23.1 Å². The van der Waals surface area contributed by atoms with E-state index in [0.29, 0.717) is 0 Å². The maximum absolute atomic E-state index is 3.96. The summed E-state index contributed by atoms with van der Waals surface area (Å²) in [6.07, 6.45) is 2.50. The Kier molecular flexibility index (Phi) is 4.82. The maximum atomic E-state index is 3.96. The molecule has 4 rings (SSSR count). The van der Waals surface area contributed by atoms with Gasteiger partial charge >= 0.3 is 0 Å². The molecular formula is C19H22ClNS.